The molecule has 0 spiro atoms. The van der Waals surface area contributed by atoms with E-state index in [4.69, 9.17) is 10.8 Å². The molecular formula is C12H21N3O4S. The number of carbonyl (C=O) groups is 3. The number of rotatable bonds is 9. The Morgan fingerprint density at radius 2 is 2.10 bits per heavy atom. The van der Waals surface area contributed by atoms with E-state index in [9.17, 15) is 14.4 Å². The number of nitrogens with one attached hydrogen (secondary N) is 1. The lowest BCUT2D eigenvalue weighted by molar-refractivity contribution is -0.138. The standard InChI is InChI=1S/C12H21N3O4S/c1-15(6-10(16)14-8-2-3-8)11(17)7-20-5-4-9(13)12(18)19/h8-9H,2-7,13H2,1H3,(H,14,16)(H,18,19). The van der Waals surface area contributed by atoms with Crippen LogP contribution in [0, 0.1) is 0 Å². The van der Waals surface area contributed by atoms with Gasteiger partial charge in [0, 0.05) is 13.1 Å². The number of amides is 2. The van der Waals surface area contributed by atoms with E-state index in [1.165, 1.54) is 16.7 Å². The van der Waals surface area contributed by atoms with E-state index in [2.05, 4.69) is 5.32 Å². The number of carbonyl (C=O) groups excluding carboxylic acids is 2. The molecule has 1 aliphatic carbocycles. The van der Waals surface area contributed by atoms with Gasteiger partial charge in [-0.05, 0) is 25.0 Å². The van der Waals surface area contributed by atoms with Gasteiger partial charge in [-0.2, -0.15) is 11.8 Å². The minimum atomic E-state index is -1.04. The number of likely N-dealkylation sites (N-methyl/N-ethyl adjacent to an activating group) is 1. The van der Waals surface area contributed by atoms with Crippen molar-refractivity contribution in [1.29, 1.82) is 0 Å². The van der Waals surface area contributed by atoms with Crippen LogP contribution in [0.4, 0.5) is 0 Å². The Morgan fingerprint density at radius 3 is 2.65 bits per heavy atom. The van der Waals surface area contributed by atoms with E-state index in [0.29, 0.717) is 12.2 Å². The van der Waals surface area contributed by atoms with E-state index in [-0.39, 0.29) is 30.2 Å². The number of thioether (sulfide) groups is 1. The van der Waals surface area contributed by atoms with Crippen molar-refractivity contribution in [3.05, 3.63) is 0 Å². The maximum atomic E-state index is 11.7. The Morgan fingerprint density at radius 1 is 1.45 bits per heavy atom. The van der Waals surface area contributed by atoms with Gasteiger partial charge in [0.25, 0.3) is 0 Å². The predicted molar refractivity (Wildman–Crippen MR) is 76.4 cm³/mol. The fraction of sp³-hybridized carbons (Fsp3) is 0.750. The van der Waals surface area contributed by atoms with Crippen molar-refractivity contribution in [2.45, 2.75) is 31.3 Å². The van der Waals surface area contributed by atoms with Gasteiger partial charge in [-0.3, -0.25) is 14.4 Å². The molecule has 0 bridgehead atoms. The molecule has 8 heteroatoms. The largest absolute Gasteiger partial charge is 0.480 e. The summed E-state index contributed by atoms with van der Waals surface area (Å²) >= 11 is 1.32. The maximum Gasteiger partial charge on any atom is 0.320 e. The lowest BCUT2D eigenvalue weighted by atomic mass is 10.2. The van der Waals surface area contributed by atoms with Gasteiger partial charge >= 0.3 is 5.97 Å². The third kappa shape index (κ3) is 6.76. The van der Waals surface area contributed by atoms with Crippen LogP contribution < -0.4 is 11.1 Å². The van der Waals surface area contributed by atoms with E-state index in [0.717, 1.165) is 12.8 Å². The molecule has 1 saturated carbocycles. The van der Waals surface area contributed by atoms with Crippen LogP contribution in [-0.4, -0.2) is 65.0 Å². The number of hydrogen-bond donors (Lipinski definition) is 3. The van der Waals surface area contributed by atoms with Gasteiger partial charge in [0.05, 0.1) is 12.3 Å². The number of nitrogens with zero attached hydrogens (tertiary/aromatic N) is 1. The Hall–Kier alpha value is -1.28. The summed E-state index contributed by atoms with van der Waals surface area (Å²) in [6, 6.07) is -0.600. The van der Waals surface area contributed by atoms with Crippen molar-refractivity contribution >= 4 is 29.5 Å². The zero-order valence-corrected chi connectivity index (χ0v) is 12.3. The summed E-state index contributed by atoms with van der Waals surface area (Å²) < 4.78 is 0. The van der Waals surface area contributed by atoms with Gasteiger partial charge < -0.3 is 21.1 Å². The third-order valence-corrected chi connectivity index (χ3v) is 3.84. The maximum absolute atomic E-state index is 11.7. The molecule has 20 heavy (non-hydrogen) atoms. The van der Waals surface area contributed by atoms with E-state index in [1.54, 1.807) is 7.05 Å². The highest BCUT2D eigenvalue weighted by Crippen LogP contribution is 2.18. The molecule has 0 aliphatic heterocycles. The van der Waals surface area contributed by atoms with Gasteiger partial charge in [-0.15, -0.1) is 0 Å². The first-order valence-electron chi connectivity index (χ1n) is 6.49. The number of aliphatic carboxylic acids is 1. The van der Waals surface area contributed by atoms with Crippen molar-refractivity contribution in [2.75, 3.05) is 25.1 Å². The summed E-state index contributed by atoms with van der Waals surface area (Å²) in [5.74, 6) is -0.599. The second-order valence-electron chi connectivity index (χ2n) is 4.88. The molecule has 0 heterocycles. The first kappa shape index (κ1) is 16.8. The highest BCUT2D eigenvalue weighted by molar-refractivity contribution is 7.99. The summed E-state index contributed by atoms with van der Waals surface area (Å²) in [6.07, 6.45) is 2.35. The van der Waals surface area contributed by atoms with Crippen LogP contribution in [0.2, 0.25) is 0 Å². The van der Waals surface area contributed by atoms with Gasteiger partial charge in [-0.25, -0.2) is 0 Å². The number of hydrogen-bond acceptors (Lipinski definition) is 5. The van der Waals surface area contributed by atoms with E-state index >= 15 is 0 Å². The molecule has 1 atom stereocenters. The van der Waals surface area contributed by atoms with Crippen LogP contribution in [0.5, 0.6) is 0 Å². The molecular weight excluding hydrogens is 282 g/mol. The Kier molecular flexibility index (Phi) is 6.80. The van der Waals surface area contributed by atoms with Crippen molar-refractivity contribution in [1.82, 2.24) is 10.2 Å². The number of nitrogens with two attached hydrogens (primary N) is 1. The topological polar surface area (TPSA) is 113 Å². The minimum Gasteiger partial charge on any atom is -0.480 e. The predicted octanol–water partition coefficient (Wildman–Crippen LogP) is -0.741. The fourth-order valence-corrected chi connectivity index (χ4v) is 2.37. The molecule has 0 saturated heterocycles. The van der Waals surface area contributed by atoms with Crippen LogP contribution in [0.1, 0.15) is 19.3 Å². The molecule has 0 radical (unpaired) electrons. The zero-order valence-electron chi connectivity index (χ0n) is 11.5. The molecule has 1 rings (SSSR count). The molecule has 1 fully saturated rings. The van der Waals surface area contributed by atoms with E-state index in [1.807, 2.05) is 0 Å². The Bertz CT molecular complexity index is 374. The zero-order chi connectivity index (χ0) is 15.1. The Labute approximate surface area is 122 Å². The van der Waals surface area contributed by atoms with Crippen molar-refractivity contribution in [3.8, 4) is 0 Å². The van der Waals surface area contributed by atoms with Crippen molar-refractivity contribution in [3.63, 3.8) is 0 Å². The molecule has 7 nitrogen and oxygen atoms in total. The third-order valence-electron chi connectivity index (χ3n) is 2.86. The van der Waals surface area contributed by atoms with Gasteiger partial charge in [0.1, 0.15) is 6.04 Å². The second-order valence-corrected chi connectivity index (χ2v) is 5.98. The average Bonchev–Trinajstić information content (AvgIpc) is 3.17. The van der Waals surface area contributed by atoms with Crippen LogP contribution in [0.3, 0.4) is 0 Å². The van der Waals surface area contributed by atoms with Crippen LogP contribution in [0.15, 0.2) is 0 Å². The first-order chi connectivity index (χ1) is 9.40. The monoisotopic (exact) mass is 303 g/mol. The molecule has 0 aromatic rings. The molecule has 0 aromatic carbocycles. The highest BCUT2D eigenvalue weighted by atomic mass is 32.2. The summed E-state index contributed by atoms with van der Waals surface area (Å²) in [5, 5.41) is 11.4. The average molecular weight is 303 g/mol. The minimum absolute atomic E-state index is 0.0601. The number of carboxylic acids is 1. The fourth-order valence-electron chi connectivity index (χ4n) is 1.41. The highest BCUT2D eigenvalue weighted by Gasteiger charge is 2.24. The lowest BCUT2D eigenvalue weighted by Gasteiger charge is -2.16. The number of carboxylic acid groups (broad SMARTS) is 1. The molecule has 114 valence electrons. The second kappa shape index (κ2) is 8.11. The van der Waals surface area contributed by atoms with Gasteiger partial charge in [0.15, 0.2) is 0 Å². The van der Waals surface area contributed by atoms with Gasteiger partial charge in [0.2, 0.25) is 11.8 Å². The first-order valence-corrected chi connectivity index (χ1v) is 7.65. The molecule has 0 aromatic heterocycles. The van der Waals surface area contributed by atoms with Crippen LogP contribution in [-0.2, 0) is 14.4 Å². The molecule has 1 unspecified atom stereocenters. The van der Waals surface area contributed by atoms with Crippen molar-refractivity contribution in [2.24, 2.45) is 5.73 Å². The van der Waals surface area contributed by atoms with Crippen molar-refractivity contribution < 1.29 is 19.5 Å². The normalized spacial score (nSPS) is 15.5. The summed E-state index contributed by atoms with van der Waals surface area (Å²) in [5.41, 5.74) is 5.35. The van der Waals surface area contributed by atoms with Crippen LogP contribution >= 0.6 is 11.8 Å². The molecule has 1 aliphatic rings. The SMILES string of the molecule is CN(CC(=O)NC1CC1)C(=O)CSCCC(N)C(=O)O. The quantitative estimate of drug-likeness (QED) is 0.484. The molecule has 4 N–H and O–H groups in total. The Balaban J connectivity index is 2.11. The smallest absolute Gasteiger partial charge is 0.320 e. The summed E-state index contributed by atoms with van der Waals surface area (Å²) in [7, 11) is 1.58. The van der Waals surface area contributed by atoms with Crippen LogP contribution in [0.25, 0.3) is 0 Å². The summed E-state index contributed by atoms with van der Waals surface area (Å²) in [6.45, 7) is 0.0601. The van der Waals surface area contributed by atoms with E-state index < -0.39 is 12.0 Å². The lowest BCUT2D eigenvalue weighted by Crippen LogP contribution is -2.39. The summed E-state index contributed by atoms with van der Waals surface area (Å²) in [4.78, 5) is 35.1. The van der Waals surface area contributed by atoms with Gasteiger partial charge in [-0.1, -0.05) is 0 Å². The molecule has 2 amide bonds.